The van der Waals surface area contributed by atoms with Gasteiger partial charge in [0.15, 0.2) is 0 Å². The van der Waals surface area contributed by atoms with Crippen LogP contribution in [-0.2, 0) is 73.3 Å². The van der Waals surface area contributed by atoms with Crippen LogP contribution in [-0.4, -0.2) is 44.6 Å². The summed E-state index contributed by atoms with van der Waals surface area (Å²) >= 11 is 20.9. The third-order valence-electron chi connectivity index (χ3n) is 8.64. The first-order valence-electron chi connectivity index (χ1n) is 19.4. The molecule has 0 rings (SSSR count). The van der Waals surface area contributed by atoms with Crippen LogP contribution in [0.4, 0.5) is 0 Å². The van der Waals surface area contributed by atoms with Crippen LogP contribution in [0.5, 0.6) is 0 Å². The Morgan fingerprint density at radius 1 is 0.340 bits per heavy atom. The fourth-order valence-electron chi connectivity index (χ4n) is 5.63. The van der Waals surface area contributed by atoms with Gasteiger partial charge in [0.05, 0.1) is 0 Å². The number of unbranched alkanes of at least 4 members (excludes halogenated alkanes) is 24. The maximum Gasteiger partial charge on any atom is 6.00 e. The summed E-state index contributed by atoms with van der Waals surface area (Å²) in [5.74, 6) is 0. The van der Waals surface area contributed by atoms with E-state index >= 15 is 0 Å². The van der Waals surface area contributed by atoms with Gasteiger partial charge in [0.2, 0.25) is 0 Å². The molecule has 0 aliphatic carbocycles. The second-order valence-corrected chi connectivity index (χ2v) is 15.1. The van der Waals surface area contributed by atoms with Gasteiger partial charge >= 0.3 is 21.1 Å². The SMILES string of the molecule is CCCCCCCCCN(CCCCCCCCC)C(=S)[S-].CCCCCCCCCN(CCCCCCCCC)C(=S)[S-].[Mo+6].[S-2].[S-2]. The summed E-state index contributed by atoms with van der Waals surface area (Å²) in [6.07, 6.45) is 37.8. The summed E-state index contributed by atoms with van der Waals surface area (Å²) in [6.45, 7) is 13.4. The zero-order chi connectivity index (χ0) is 32.9. The molecular formula is C38H76MoN2S6. The predicted molar refractivity (Wildman–Crippen MR) is 230 cm³/mol. The molecule has 9 heteroatoms. The summed E-state index contributed by atoms with van der Waals surface area (Å²) in [4.78, 5) is 4.51. The predicted octanol–water partition coefficient (Wildman–Crippen LogP) is 13.2. The molecule has 2 nitrogen and oxygen atoms in total. The van der Waals surface area contributed by atoms with E-state index < -0.39 is 0 Å². The summed E-state index contributed by atoms with van der Waals surface area (Å²) in [7, 11) is 0. The van der Waals surface area contributed by atoms with Crippen molar-refractivity contribution >= 4 is 85.3 Å². The number of rotatable bonds is 32. The molecule has 47 heavy (non-hydrogen) atoms. The van der Waals surface area contributed by atoms with Crippen molar-refractivity contribution in [1.82, 2.24) is 9.80 Å². The Kier molecular flexibility index (Phi) is 61.3. The van der Waals surface area contributed by atoms with E-state index in [1.165, 1.54) is 180 Å². The molecule has 280 valence electrons. The third-order valence-corrected chi connectivity index (χ3v) is 9.68. The van der Waals surface area contributed by atoms with E-state index in [4.69, 9.17) is 49.7 Å². The fourth-order valence-corrected chi connectivity index (χ4v) is 6.36. The second kappa shape index (κ2) is 49.7. The van der Waals surface area contributed by atoms with Gasteiger partial charge in [-0.3, -0.25) is 0 Å². The molecule has 0 amide bonds. The standard InChI is InChI=1S/2C19H39NS2.Mo.2S/c2*1-3-5-7-9-11-13-15-17-20(19(21)22)18-16-14-12-10-8-6-4-2;;;/h2*3-18H2,1-2H3,(H,21,22);;;/q;;+6;2*-2/p-2. The summed E-state index contributed by atoms with van der Waals surface area (Å²) in [5, 5.41) is 0. The van der Waals surface area contributed by atoms with Gasteiger partial charge in [0.1, 0.15) is 0 Å². The maximum atomic E-state index is 5.23. The molecule has 0 atom stereocenters. The van der Waals surface area contributed by atoms with Crippen molar-refractivity contribution in [2.24, 2.45) is 0 Å². The average molecular weight is 849 g/mol. The van der Waals surface area contributed by atoms with Crippen molar-refractivity contribution in [1.29, 1.82) is 0 Å². The quantitative estimate of drug-likeness (QED) is 0.0286. The van der Waals surface area contributed by atoms with E-state index in [0.717, 1.165) is 26.2 Å². The van der Waals surface area contributed by atoms with Gasteiger partial charge in [0, 0.05) is 26.2 Å². The maximum absolute atomic E-state index is 5.23. The van der Waals surface area contributed by atoms with E-state index in [1.54, 1.807) is 0 Å². The van der Waals surface area contributed by atoms with Crippen LogP contribution in [0.2, 0.25) is 0 Å². The fraction of sp³-hybridized carbons (Fsp3) is 0.947. The molecule has 0 radical (unpaired) electrons. The smallest absolute Gasteiger partial charge is 2.00 e. The molecule has 0 spiro atoms. The molecule has 0 saturated heterocycles. The first-order valence-corrected chi connectivity index (χ1v) is 21.0. The topological polar surface area (TPSA) is 6.48 Å². The van der Waals surface area contributed by atoms with Crippen LogP contribution in [0.3, 0.4) is 0 Å². The summed E-state index contributed by atoms with van der Waals surface area (Å²) in [5.41, 5.74) is 0. The normalized spacial score (nSPS) is 10.1. The minimum absolute atomic E-state index is 0. The summed E-state index contributed by atoms with van der Waals surface area (Å²) in [6, 6.07) is 0. The number of thiocarbonyl (C=S) groups is 2. The van der Waals surface area contributed by atoms with E-state index in [1.807, 2.05) is 0 Å². The van der Waals surface area contributed by atoms with Crippen LogP contribution in [0, 0.1) is 0 Å². The molecule has 0 fully saturated rings. The van der Waals surface area contributed by atoms with Crippen LogP contribution < -0.4 is 0 Å². The molecule has 0 aromatic heterocycles. The van der Waals surface area contributed by atoms with Crippen molar-refractivity contribution < 1.29 is 21.1 Å². The first kappa shape index (κ1) is 57.9. The summed E-state index contributed by atoms with van der Waals surface area (Å²) < 4.78 is 1.36. The Morgan fingerprint density at radius 2 is 0.489 bits per heavy atom. The van der Waals surface area contributed by atoms with Crippen molar-refractivity contribution in [2.75, 3.05) is 26.2 Å². The molecule has 0 heterocycles. The Bertz CT molecular complexity index is 515. The third kappa shape index (κ3) is 47.6. The second-order valence-electron chi connectivity index (χ2n) is 13.0. The Balaban J connectivity index is -0.000000235. The molecular weight excluding hydrogens is 773 g/mol. The largest absolute Gasteiger partial charge is 6.00 e. The molecule has 0 aliphatic heterocycles. The molecule has 0 N–H and O–H groups in total. The minimum atomic E-state index is 0. The van der Waals surface area contributed by atoms with Gasteiger partial charge in [-0.15, -0.1) is 0 Å². The molecule has 0 bridgehead atoms. The van der Waals surface area contributed by atoms with E-state index in [0.29, 0.717) is 8.64 Å². The number of hydrogen-bond acceptors (Lipinski definition) is 4. The van der Waals surface area contributed by atoms with Gasteiger partial charge < -0.3 is 86.5 Å². The van der Waals surface area contributed by atoms with Crippen LogP contribution in [0.15, 0.2) is 0 Å². The van der Waals surface area contributed by atoms with Crippen LogP contribution in [0.25, 0.3) is 0 Å². The van der Waals surface area contributed by atoms with Gasteiger partial charge in [0.25, 0.3) is 0 Å². The molecule has 0 aromatic rings. The first-order chi connectivity index (χ1) is 21.4. The van der Waals surface area contributed by atoms with Crippen LogP contribution >= 0.6 is 24.4 Å². The Labute approximate surface area is 347 Å². The van der Waals surface area contributed by atoms with Crippen molar-refractivity contribution in [3.05, 3.63) is 0 Å². The molecule has 0 aromatic carbocycles. The molecule has 0 unspecified atom stereocenters. The van der Waals surface area contributed by atoms with Crippen molar-refractivity contribution in [3.8, 4) is 0 Å². The van der Waals surface area contributed by atoms with Crippen molar-refractivity contribution in [2.45, 2.75) is 207 Å². The van der Waals surface area contributed by atoms with E-state index in [9.17, 15) is 0 Å². The van der Waals surface area contributed by atoms with E-state index in [-0.39, 0.29) is 48.1 Å². The monoisotopic (exact) mass is 850 g/mol. The molecule has 0 saturated carbocycles. The van der Waals surface area contributed by atoms with Gasteiger partial charge in [-0.05, 0) is 25.7 Å². The van der Waals surface area contributed by atoms with Gasteiger partial charge in [-0.25, -0.2) is 0 Å². The van der Waals surface area contributed by atoms with Crippen LogP contribution in [0.1, 0.15) is 207 Å². The average Bonchev–Trinajstić information content (AvgIpc) is 3.01. The zero-order valence-corrected chi connectivity index (χ0v) is 38.3. The van der Waals surface area contributed by atoms with Crippen molar-refractivity contribution in [3.63, 3.8) is 0 Å². The Morgan fingerprint density at radius 3 is 0.638 bits per heavy atom. The van der Waals surface area contributed by atoms with Gasteiger partial charge in [-0.2, -0.15) is 0 Å². The zero-order valence-electron chi connectivity index (χ0n) is 31.4. The van der Waals surface area contributed by atoms with Gasteiger partial charge in [-0.1, -0.05) is 190 Å². The molecule has 0 aliphatic rings. The number of nitrogens with zero attached hydrogens (tertiary/aromatic N) is 2. The van der Waals surface area contributed by atoms with E-state index in [2.05, 4.69) is 37.5 Å². The number of hydrogen-bond donors (Lipinski definition) is 0. The minimum Gasteiger partial charge on any atom is -2.00 e. The Hall–Kier alpha value is 1.61.